The lowest BCUT2D eigenvalue weighted by molar-refractivity contribution is -0.160. The van der Waals surface area contributed by atoms with Crippen LogP contribution in [0.3, 0.4) is 0 Å². The van der Waals surface area contributed by atoms with Crippen molar-refractivity contribution in [3.8, 4) is 0 Å². The number of hydrogen-bond acceptors (Lipinski definition) is 8. The molecular formula is C14H16N4O6S. The van der Waals surface area contributed by atoms with Gasteiger partial charge in [-0.15, -0.1) is 0 Å². The Labute approximate surface area is 143 Å². The topological polar surface area (TPSA) is 123 Å². The number of fused-ring (bicyclic) bond motifs is 1. The summed E-state index contributed by atoms with van der Waals surface area (Å²) in [6, 6.07) is 4.58. The molecule has 1 saturated heterocycles. The summed E-state index contributed by atoms with van der Waals surface area (Å²) in [4.78, 5) is 24.7. The highest BCUT2D eigenvalue weighted by atomic mass is 32.2. The van der Waals surface area contributed by atoms with Gasteiger partial charge in [0, 0.05) is 26.2 Å². The summed E-state index contributed by atoms with van der Waals surface area (Å²) in [5.74, 6) is -1.70. The molecule has 0 aliphatic carbocycles. The first-order valence-electron chi connectivity index (χ1n) is 7.62. The molecule has 0 atom stereocenters. The van der Waals surface area contributed by atoms with E-state index in [1.807, 2.05) is 0 Å². The van der Waals surface area contributed by atoms with Gasteiger partial charge in [-0.1, -0.05) is 6.07 Å². The van der Waals surface area contributed by atoms with Gasteiger partial charge in [0.25, 0.3) is 0 Å². The summed E-state index contributed by atoms with van der Waals surface area (Å²) in [5.41, 5.74) is 0.504. The van der Waals surface area contributed by atoms with E-state index in [0.29, 0.717) is 5.52 Å². The number of carbonyl (C=O) groups excluding carboxylic acids is 2. The van der Waals surface area contributed by atoms with Crippen molar-refractivity contribution in [1.82, 2.24) is 19.5 Å². The number of piperazine rings is 1. The minimum Gasteiger partial charge on any atom is -0.459 e. The third-order valence-electron chi connectivity index (χ3n) is 3.84. The molecule has 0 N–H and O–H groups in total. The first kappa shape index (κ1) is 17.3. The van der Waals surface area contributed by atoms with Crippen LogP contribution in [0, 0.1) is 0 Å². The maximum atomic E-state index is 12.8. The monoisotopic (exact) mass is 368 g/mol. The molecule has 10 nitrogen and oxygen atoms in total. The molecule has 1 aromatic carbocycles. The normalized spacial score (nSPS) is 16.1. The maximum Gasteiger partial charge on any atom is 0.397 e. The Morgan fingerprint density at radius 2 is 1.92 bits per heavy atom. The summed E-state index contributed by atoms with van der Waals surface area (Å²) in [6.45, 7) is 2.04. The highest BCUT2D eigenvalue weighted by molar-refractivity contribution is 7.89. The number of esters is 1. The van der Waals surface area contributed by atoms with E-state index in [1.165, 1.54) is 15.3 Å². The summed E-state index contributed by atoms with van der Waals surface area (Å²) >= 11 is 0. The Morgan fingerprint density at radius 1 is 1.20 bits per heavy atom. The van der Waals surface area contributed by atoms with E-state index in [1.54, 1.807) is 19.1 Å². The van der Waals surface area contributed by atoms with Crippen LogP contribution in [0.2, 0.25) is 0 Å². The van der Waals surface area contributed by atoms with Crippen LogP contribution in [-0.4, -0.2) is 72.6 Å². The van der Waals surface area contributed by atoms with Gasteiger partial charge >= 0.3 is 11.9 Å². The summed E-state index contributed by atoms with van der Waals surface area (Å²) in [7, 11) is -3.82. The molecule has 2 heterocycles. The number of hydrogen-bond donors (Lipinski definition) is 0. The highest BCUT2D eigenvalue weighted by Crippen LogP contribution is 2.24. The molecule has 0 radical (unpaired) electrons. The fourth-order valence-electron chi connectivity index (χ4n) is 2.58. The second-order valence-electron chi connectivity index (χ2n) is 5.30. The Bertz CT molecular complexity index is 901. The quantitative estimate of drug-likeness (QED) is 0.530. The Hall–Kier alpha value is -2.53. The van der Waals surface area contributed by atoms with Gasteiger partial charge in [-0.25, -0.2) is 17.8 Å². The van der Waals surface area contributed by atoms with Crippen LogP contribution in [0.15, 0.2) is 27.7 Å². The van der Waals surface area contributed by atoms with E-state index in [9.17, 15) is 18.0 Å². The molecule has 0 spiro atoms. The molecule has 1 fully saturated rings. The van der Waals surface area contributed by atoms with E-state index in [-0.39, 0.29) is 43.2 Å². The number of rotatable bonds is 3. The average Bonchev–Trinajstić information content (AvgIpc) is 3.10. The van der Waals surface area contributed by atoms with E-state index in [4.69, 9.17) is 0 Å². The lowest BCUT2D eigenvalue weighted by Crippen LogP contribution is -2.52. The molecule has 0 bridgehead atoms. The number of ether oxygens (including phenoxy) is 1. The zero-order chi connectivity index (χ0) is 18.0. The number of benzene rings is 1. The molecule has 0 saturated carbocycles. The standard InChI is InChI=1S/C14H16N4O6S/c1-2-23-14(20)13(19)17-6-8-18(9-7-17)25(21,22)11-5-3-4-10-12(11)16-24-15-10/h3-5H,2,6-9H2,1H3. The van der Waals surface area contributed by atoms with E-state index in [0.717, 1.165) is 0 Å². The van der Waals surface area contributed by atoms with Gasteiger partial charge in [-0.3, -0.25) is 4.79 Å². The Kier molecular flexibility index (Phi) is 4.68. The second-order valence-corrected chi connectivity index (χ2v) is 7.21. The average molecular weight is 368 g/mol. The molecule has 2 aromatic rings. The summed E-state index contributed by atoms with van der Waals surface area (Å²) in [5, 5.41) is 7.29. The minimum atomic E-state index is -3.82. The summed E-state index contributed by atoms with van der Waals surface area (Å²) < 4.78 is 36.2. The zero-order valence-corrected chi connectivity index (χ0v) is 14.2. The fourth-order valence-corrected chi connectivity index (χ4v) is 4.14. The molecule has 3 rings (SSSR count). The number of nitrogens with zero attached hydrogens (tertiary/aromatic N) is 4. The third-order valence-corrected chi connectivity index (χ3v) is 5.77. The molecule has 1 aliphatic heterocycles. The van der Waals surface area contributed by atoms with Crippen molar-refractivity contribution < 1.29 is 27.4 Å². The van der Waals surface area contributed by atoms with Crippen molar-refractivity contribution in [3.63, 3.8) is 0 Å². The lowest BCUT2D eigenvalue weighted by Gasteiger charge is -2.33. The number of sulfonamides is 1. The van der Waals surface area contributed by atoms with Crippen molar-refractivity contribution in [3.05, 3.63) is 18.2 Å². The molecule has 134 valence electrons. The largest absolute Gasteiger partial charge is 0.459 e. The predicted molar refractivity (Wildman–Crippen MR) is 83.8 cm³/mol. The van der Waals surface area contributed by atoms with Gasteiger partial charge in [-0.05, 0) is 29.4 Å². The van der Waals surface area contributed by atoms with Crippen molar-refractivity contribution >= 4 is 32.9 Å². The summed E-state index contributed by atoms with van der Waals surface area (Å²) in [6.07, 6.45) is 0. The molecule has 25 heavy (non-hydrogen) atoms. The van der Waals surface area contributed by atoms with E-state index in [2.05, 4.69) is 19.7 Å². The molecular weight excluding hydrogens is 352 g/mol. The van der Waals surface area contributed by atoms with Gasteiger partial charge < -0.3 is 9.64 Å². The first-order valence-corrected chi connectivity index (χ1v) is 9.06. The van der Waals surface area contributed by atoms with Crippen LogP contribution in [0.1, 0.15) is 6.92 Å². The lowest BCUT2D eigenvalue weighted by atomic mass is 10.3. The van der Waals surface area contributed by atoms with E-state index >= 15 is 0 Å². The van der Waals surface area contributed by atoms with Crippen molar-refractivity contribution in [2.45, 2.75) is 11.8 Å². The Morgan fingerprint density at radius 3 is 2.60 bits per heavy atom. The highest BCUT2D eigenvalue weighted by Gasteiger charge is 2.34. The molecule has 1 aromatic heterocycles. The van der Waals surface area contributed by atoms with Crippen LogP contribution in [0.5, 0.6) is 0 Å². The van der Waals surface area contributed by atoms with Crippen molar-refractivity contribution in [2.24, 2.45) is 0 Å². The number of carbonyl (C=O) groups is 2. The Balaban J connectivity index is 1.75. The maximum absolute atomic E-state index is 12.8. The first-order chi connectivity index (χ1) is 11.9. The molecule has 0 unspecified atom stereocenters. The second kappa shape index (κ2) is 6.76. The number of aromatic nitrogens is 2. The minimum absolute atomic E-state index is 0.00332. The molecule has 1 aliphatic rings. The predicted octanol–water partition coefficient (Wildman–Crippen LogP) is -0.381. The van der Waals surface area contributed by atoms with Crippen LogP contribution in [-0.2, 0) is 24.3 Å². The molecule has 11 heteroatoms. The van der Waals surface area contributed by atoms with Gasteiger partial charge in [0.1, 0.15) is 10.4 Å². The van der Waals surface area contributed by atoms with E-state index < -0.39 is 21.9 Å². The van der Waals surface area contributed by atoms with Gasteiger partial charge in [-0.2, -0.15) is 4.31 Å². The number of amides is 1. The zero-order valence-electron chi connectivity index (χ0n) is 13.4. The fraction of sp³-hybridized carbons (Fsp3) is 0.429. The molecule has 1 amide bonds. The van der Waals surface area contributed by atoms with Crippen LogP contribution in [0.4, 0.5) is 0 Å². The smallest absolute Gasteiger partial charge is 0.397 e. The van der Waals surface area contributed by atoms with Crippen molar-refractivity contribution in [2.75, 3.05) is 32.8 Å². The van der Waals surface area contributed by atoms with Gasteiger partial charge in [0.2, 0.25) is 10.0 Å². The van der Waals surface area contributed by atoms with Gasteiger partial charge in [0.15, 0.2) is 5.52 Å². The van der Waals surface area contributed by atoms with Crippen molar-refractivity contribution in [1.29, 1.82) is 0 Å². The van der Waals surface area contributed by atoms with Crippen LogP contribution < -0.4 is 0 Å². The van der Waals surface area contributed by atoms with Gasteiger partial charge in [0.05, 0.1) is 6.61 Å². The van der Waals surface area contributed by atoms with Crippen LogP contribution >= 0.6 is 0 Å². The van der Waals surface area contributed by atoms with Crippen LogP contribution in [0.25, 0.3) is 11.0 Å². The SMILES string of the molecule is CCOC(=O)C(=O)N1CCN(S(=O)(=O)c2cccc3nonc23)CC1. The third kappa shape index (κ3) is 3.20.